The van der Waals surface area contributed by atoms with E-state index in [1.165, 1.54) is 39.6 Å². The lowest BCUT2D eigenvalue weighted by molar-refractivity contribution is -0.114. The Kier molecular flexibility index (Phi) is 4.90. The first-order chi connectivity index (χ1) is 12.7. The number of methoxy groups -OCH3 is 1. The molecule has 2 aromatic rings. The molecule has 0 radical (unpaired) electrons. The fourth-order valence-electron chi connectivity index (χ4n) is 4.16. The monoisotopic (exact) mass is 364 g/mol. The van der Waals surface area contributed by atoms with Gasteiger partial charge in [-0.25, -0.2) is 0 Å². The van der Waals surface area contributed by atoms with Gasteiger partial charge >= 0.3 is 0 Å². The highest BCUT2D eigenvalue weighted by Gasteiger charge is 2.33. The molecule has 2 aliphatic rings. The van der Waals surface area contributed by atoms with E-state index in [2.05, 4.69) is 55.5 Å². The second-order valence-corrected chi connectivity index (χ2v) is 8.32. The number of rotatable bonds is 4. The number of hydrogen-bond acceptors (Lipinski definition) is 3. The van der Waals surface area contributed by atoms with Crippen LogP contribution in [0.15, 0.2) is 48.5 Å². The number of ether oxygens (including phenoxy) is 1. The number of benzene rings is 2. The number of thioether (sulfide) groups is 1. The Hall–Kier alpha value is -2.00. The molecule has 26 heavy (non-hydrogen) atoms. The molecular formula is C23H24O2S. The van der Waals surface area contributed by atoms with Crippen LogP contribution in [-0.4, -0.2) is 18.0 Å². The number of carbonyl (C=O) groups is 1. The molecule has 0 amide bonds. The molecule has 4 rings (SSSR count). The molecule has 1 fully saturated rings. The molecule has 0 bridgehead atoms. The number of hydrogen-bond donors (Lipinski definition) is 0. The number of fused-ring (bicyclic) bond motifs is 1. The number of carbonyl (C=O) groups excluding carboxylic acids is 1. The highest BCUT2D eigenvalue weighted by molar-refractivity contribution is 8.13. The highest BCUT2D eigenvalue weighted by atomic mass is 32.2. The molecule has 1 saturated heterocycles. The van der Waals surface area contributed by atoms with Crippen molar-refractivity contribution >= 4 is 22.5 Å². The highest BCUT2D eigenvalue weighted by Crippen LogP contribution is 2.43. The summed E-state index contributed by atoms with van der Waals surface area (Å²) in [6.45, 7) is 2.08. The fraction of sp³-hybridized carbons (Fsp3) is 0.348. The first-order valence-electron chi connectivity index (χ1n) is 9.24. The van der Waals surface area contributed by atoms with Crippen LogP contribution in [-0.2, 0) is 11.2 Å². The Morgan fingerprint density at radius 1 is 1.19 bits per heavy atom. The van der Waals surface area contributed by atoms with Crippen LogP contribution in [0.1, 0.15) is 41.0 Å². The maximum absolute atomic E-state index is 12.6. The summed E-state index contributed by atoms with van der Waals surface area (Å²) in [5.74, 6) is 2.26. The minimum atomic E-state index is 0.0853. The van der Waals surface area contributed by atoms with E-state index in [4.69, 9.17) is 4.74 Å². The Morgan fingerprint density at radius 3 is 2.88 bits per heavy atom. The molecule has 0 saturated carbocycles. The van der Waals surface area contributed by atoms with Gasteiger partial charge in [0.2, 0.25) is 0 Å². The van der Waals surface area contributed by atoms with Crippen LogP contribution in [0, 0.1) is 12.8 Å². The van der Waals surface area contributed by atoms with Gasteiger partial charge in [-0.05, 0) is 66.0 Å². The summed E-state index contributed by atoms with van der Waals surface area (Å²) in [6, 6.07) is 15.0. The molecule has 0 aromatic heterocycles. The van der Waals surface area contributed by atoms with Gasteiger partial charge in [0.15, 0.2) is 5.12 Å². The zero-order valence-electron chi connectivity index (χ0n) is 15.3. The van der Waals surface area contributed by atoms with Gasteiger partial charge in [0.25, 0.3) is 0 Å². The molecule has 2 aromatic carbocycles. The first-order valence-corrected chi connectivity index (χ1v) is 10.2. The molecule has 1 aliphatic heterocycles. The van der Waals surface area contributed by atoms with Crippen molar-refractivity contribution in [2.24, 2.45) is 5.92 Å². The van der Waals surface area contributed by atoms with Crippen molar-refractivity contribution in [1.82, 2.24) is 0 Å². The van der Waals surface area contributed by atoms with E-state index in [-0.39, 0.29) is 5.92 Å². The van der Waals surface area contributed by atoms with E-state index < -0.39 is 0 Å². The van der Waals surface area contributed by atoms with Crippen LogP contribution < -0.4 is 4.74 Å². The maximum Gasteiger partial charge on any atom is 0.192 e. The number of allylic oxidation sites excluding steroid dienone is 2. The Morgan fingerprint density at radius 2 is 2.04 bits per heavy atom. The summed E-state index contributed by atoms with van der Waals surface area (Å²) in [6.07, 6.45) is 5.06. The second kappa shape index (κ2) is 7.32. The normalized spacial score (nSPS) is 22.1. The molecule has 1 aliphatic carbocycles. The van der Waals surface area contributed by atoms with Crippen molar-refractivity contribution in [2.45, 2.75) is 32.1 Å². The minimum Gasteiger partial charge on any atom is -0.496 e. The van der Waals surface area contributed by atoms with E-state index in [0.717, 1.165) is 30.8 Å². The summed E-state index contributed by atoms with van der Waals surface area (Å²) in [4.78, 5) is 12.6. The van der Waals surface area contributed by atoms with Crippen molar-refractivity contribution in [3.63, 3.8) is 0 Å². The summed E-state index contributed by atoms with van der Waals surface area (Å²) in [5.41, 5.74) is 6.50. The smallest absolute Gasteiger partial charge is 0.192 e. The third-order valence-corrected chi connectivity index (χ3v) is 6.74. The maximum atomic E-state index is 12.6. The van der Waals surface area contributed by atoms with E-state index in [1.54, 1.807) is 7.11 Å². The molecule has 2 nitrogen and oxygen atoms in total. The molecule has 0 spiro atoms. The van der Waals surface area contributed by atoms with Gasteiger partial charge in [-0.15, -0.1) is 0 Å². The van der Waals surface area contributed by atoms with Gasteiger partial charge in [-0.2, -0.15) is 0 Å². The van der Waals surface area contributed by atoms with E-state index in [0.29, 0.717) is 11.0 Å². The Bertz CT molecular complexity index is 868. The summed E-state index contributed by atoms with van der Waals surface area (Å²) < 4.78 is 5.62. The second-order valence-electron chi connectivity index (χ2n) is 7.30. The quantitative estimate of drug-likeness (QED) is 0.727. The van der Waals surface area contributed by atoms with Crippen LogP contribution in [0.4, 0.5) is 0 Å². The summed E-state index contributed by atoms with van der Waals surface area (Å²) in [5, 5.41) is 0.345. The van der Waals surface area contributed by atoms with Gasteiger partial charge in [0, 0.05) is 11.7 Å². The lowest BCUT2D eigenvalue weighted by Crippen LogP contribution is -2.23. The lowest BCUT2D eigenvalue weighted by atomic mass is 9.85. The predicted octanol–water partition coefficient (Wildman–Crippen LogP) is 5.40. The van der Waals surface area contributed by atoms with Gasteiger partial charge in [0.05, 0.1) is 7.11 Å². The average molecular weight is 365 g/mol. The molecule has 134 valence electrons. The van der Waals surface area contributed by atoms with Crippen molar-refractivity contribution in [3.8, 4) is 5.75 Å². The van der Waals surface area contributed by atoms with Crippen molar-refractivity contribution in [3.05, 3.63) is 70.8 Å². The zero-order chi connectivity index (χ0) is 18.1. The van der Waals surface area contributed by atoms with Crippen LogP contribution >= 0.6 is 11.8 Å². The van der Waals surface area contributed by atoms with Crippen molar-refractivity contribution in [2.75, 3.05) is 12.9 Å². The molecular weight excluding hydrogens is 340 g/mol. The van der Waals surface area contributed by atoms with Crippen LogP contribution in [0.3, 0.4) is 0 Å². The lowest BCUT2D eigenvalue weighted by Gasteiger charge is -2.29. The zero-order valence-corrected chi connectivity index (χ0v) is 16.1. The van der Waals surface area contributed by atoms with Crippen molar-refractivity contribution < 1.29 is 9.53 Å². The first kappa shape index (κ1) is 17.4. The van der Waals surface area contributed by atoms with Gasteiger partial charge < -0.3 is 4.74 Å². The van der Waals surface area contributed by atoms with Crippen LogP contribution in [0.25, 0.3) is 5.57 Å². The number of aryl methyl sites for hydroxylation is 1. The predicted molar refractivity (Wildman–Crippen MR) is 109 cm³/mol. The minimum absolute atomic E-state index is 0.0853. The van der Waals surface area contributed by atoms with Crippen molar-refractivity contribution in [1.29, 1.82) is 0 Å². The van der Waals surface area contributed by atoms with Gasteiger partial charge in [-0.3, -0.25) is 4.79 Å². The van der Waals surface area contributed by atoms with Gasteiger partial charge in [-0.1, -0.05) is 54.2 Å². The molecule has 3 heteroatoms. The fourth-order valence-corrected chi connectivity index (χ4v) is 5.26. The van der Waals surface area contributed by atoms with E-state index >= 15 is 0 Å². The van der Waals surface area contributed by atoms with E-state index in [1.807, 2.05) is 0 Å². The Labute approximate surface area is 159 Å². The average Bonchev–Trinajstić information content (AvgIpc) is 3.06. The standard InChI is InChI=1S/C23H24O2S/c1-15-7-10-21(22(11-15)25-2)19-13-18(23(24)26-14-19)12-17-9-8-16-5-3-4-6-20(16)17/h3-7,9-11,18-19H,8,12-14H2,1-2H3/t18-,19?/m1/s1. The topological polar surface area (TPSA) is 26.3 Å². The molecule has 2 atom stereocenters. The SMILES string of the molecule is COc1cc(C)ccc1C1CSC(=O)[C@H](CC2=CCc3ccccc32)C1. The van der Waals surface area contributed by atoms with Gasteiger partial charge in [0.1, 0.15) is 5.75 Å². The molecule has 1 unspecified atom stereocenters. The third-order valence-electron chi connectivity index (χ3n) is 5.56. The Balaban J connectivity index is 1.54. The molecule has 1 heterocycles. The van der Waals surface area contributed by atoms with Crippen LogP contribution in [0.5, 0.6) is 5.75 Å². The van der Waals surface area contributed by atoms with E-state index in [9.17, 15) is 4.79 Å². The molecule has 0 N–H and O–H groups in total. The largest absolute Gasteiger partial charge is 0.496 e. The summed E-state index contributed by atoms with van der Waals surface area (Å²) in [7, 11) is 1.73. The summed E-state index contributed by atoms with van der Waals surface area (Å²) >= 11 is 1.50. The van der Waals surface area contributed by atoms with Crippen LogP contribution in [0.2, 0.25) is 0 Å². The third kappa shape index (κ3) is 3.33.